The summed E-state index contributed by atoms with van der Waals surface area (Å²) in [7, 11) is 4.00. The quantitative estimate of drug-likeness (QED) is 0.506. The maximum absolute atomic E-state index is 2.00. The number of allylic oxidation sites excluding steroid dienone is 1. The number of nitrogens with zero attached hydrogens (tertiary/aromatic N) is 1. The lowest BCUT2D eigenvalue weighted by molar-refractivity contribution is 0.563. The van der Waals surface area contributed by atoms with Gasteiger partial charge in [0.2, 0.25) is 0 Å². The number of rotatable bonds is 1. The summed E-state index contributed by atoms with van der Waals surface area (Å²) in [5.74, 6) is 0. The first-order valence-corrected chi connectivity index (χ1v) is 3.06. The van der Waals surface area contributed by atoms with Gasteiger partial charge in [-0.05, 0) is 13.1 Å². The van der Waals surface area contributed by atoms with Gasteiger partial charge in [-0.2, -0.15) is 0 Å². The van der Waals surface area contributed by atoms with Gasteiger partial charge in [0.15, 0.2) is 0 Å². The second-order valence-corrected chi connectivity index (χ2v) is 1.45. The minimum atomic E-state index is 2.00. The lowest BCUT2D eigenvalue weighted by Gasteiger charge is -1.99. The first-order valence-electron chi connectivity index (χ1n) is 3.06. The predicted octanol–water partition coefficient (Wildman–Crippen LogP) is 2.11. The van der Waals surface area contributed by atoms with E-state index in [9.17, 15) is 0 Å². The molecule has 0 N–H and O–H groups in total. The summed E-state index contributed by atoms with van der Waals surface area (Å²) in [5.41, 5.74) is 0. The maximum Gasteiger partial charge on any atom is 0.00555 e. The van der Waals surface area contributed by atoms with Gasteiger partial charge < -0.3 is 4.90 Å². The monoisotopic (exact) mass is 115 g/mol. The standard InChI is InChI=1S/C5H11N.C2H6/c1-4-5-6(2)3;1-2/h4-5H,1-3H3;1-2H3/b5-4-;. The third kappa shape index (κ3) is 17.7. The summed E-state index contributed by atoms with van der Waals surface area (Å²) in [6, 6.07) is 0. The van der Waals surface area contributed by atoms with Crippen LogP contribution in [-0.2, 0) is 0 Å². The van der Waals surface area contributed by atoms with Gasteiger partial charge >= 0.3 is 0 Å². The molecule has 0 aromatic rings. The summed E-state index contributed by atoms with van der Waals surface area (Å²) >= 11 is 0. The molecule has 0 spiro atoms. The average molecular weight is 115 g/mol. The van der Waals surface area contributed by atoms with E-state index in [4.69, 9.17) is 0 Å². The van der Waals surface area contributed by atoms with Crippen LogP contribution in [0.15, 0.2) is 12.3 Å². The molecule has 0 aliphatic rings. The van der Waals surface area contributed by atoms with Crippen LogP contribution in [0.4, 0.5) is 0 Å². The molecule has 0 unspecified atom stereocenters. The molecule has 0 heterocycles. The molecule has 0 radical (unpaired) electrons. The normalized spacial score (nSPS) is 8.12. The largest absolute Gasteiger partial charge is 0.384 e. The highest BCUT2D eigenvalue weighted by atomic mass is 15.0. The van der Waals surface area contributed by atoms with Crippen molar-refractivity contribution in [3.63, 3.8) is 0 Å². The molecule has 0 fully saturated rings. The van der Waals surface area contributed by atoms with Crippen LogP contribution in [0.2, 0.25) is 0 Å². The summed E-state index contributed by atoms with van der Waals surface area (Å²) in [5, 5.41) is 0. The van der Waals surface area contributed by atoms with E-state index < -0.39 is 0 Å². The molecule has 0 aliphatic heterocycles. The summed E-state index contributed by atoms with van der Waals surface area (Å²) in [6.07, 6.45) is 4.00. The molecule has 1 nitrogen and oxygen atoms in total. The van der Waals surface area contributed by atoms with Crippen molar-refractivity contribution in [3.05, 3.63) is 12.3 Å². The summed E-state index contributed by atoms with van der Waals surface area (Å²) < 4.78 is 0. The van der Waals surface area contributed by atoms with E-state index >= 15 is 0 Å². The van der Waals surface area contributed by atoms with Crippen molar-refractivity contribution in [3.8, 4) is 0 Å². The predicted molar refractivity (Wildman–Crippen MR) is 39.8 cm³/mol. The fourth-order valence-corrected chi connectivity index (χ4v) is 0.298. The highest BCUT2D eigenvalue weighted by Crippen LogP contribution is 1.71. The smallest absolute Gasteiger partial charge is 0.00555 e. The van der Waals surface area contributed by atoms with Gasteiger partial charge in [0.05, 0.1) is 0 Å². The molecular weight excluding hydrogens is 98.1 g/mol. The molecule has 0 atom stereocenters. The molecule has 0 amide bonds. The van der Waals surface area contributed by atoms with E-state index in [1.165, 1.54) is 0 Å². The van der Waals surface area contributed by atoms with E-state index in [1.807, 2.05) is 52.0 Å². The second kappa shape index (κ2) is 9.74. The third-order valence-corrected chi connectivity index (χ3v) is 0.447. The van der Waals surface area contributed by atoms with E-state index in [0.29, 0.717) is 0 Å². The Morgan fingerprint density at radius 3 is 1.50 bits per heavy atom. The Balaban J connectivity index is 0. The zero-order valence-corrected chi connectivity index (χ0v) is 6.60. The van der Waals surface area contributed by atoms with Crippen molar-refractivity contribution >= 4 is 0 Å². The zero-order valence-electron chi connectivity index (χ0n) is 6.60. The summed E-state index contributed by atoms with van der Waals surface area (Å²) in [6.45, 7) is 6.00. The number of hydrogen-bond acceptors (Lipinski definition) is 1. The third-order valence-electron chi connectivity index (χ3n) is 0.447. The first kappa shape index (κ1) is 10.5. The van der Waals surface area contributed by atoms with Crippen LogP contribution >= 0.6 is 0 Å². The Labute approximate surface area is 53.0 Å². The van der Waals surface area contributed by atoms with Crippen molar-refractivity contribution in [1.82, 2.24) is 4.90 Å². The van der Waals surface area contributed by atoms with Crippen molar-refractivity contribution in [2.75, 3.05) is 14.1 Å². The molecule has 0 saturated carbocycles. The molecule has 0 aromatic heterocycles. The fraction of sp³-hybridized carbons (Fsp3) is 0.714. The number of hydrogen-bond donors (Lipinski definition) is 0. The summed E-state index contributed by atoms with van der Waals surface area (Å²) in [4.78, 5) is 2.00. The van der Waals surface area contributed by atoms with Gasteiger partial charge in [0.25, 0.3) is 0 Å². The average Bonchev–Trinajstić information content (AvgIpc) is 1.72. The molecule has 0 aliphatic carbocycles. The van der Waals surface area contributed by atoms with E-state index in [2.05, 4.69) is 0 Å². The van der Waals surface area contributed by atoms with Gasteiger partial charge in [-0.15, -0.1) is 0 Å². The Morgan fingerprint density at radius 1 is 1.12 bits per heavy atom. The van der Waals surface area contributed by atoms with Gasteiger partial charge in [0.1, 0.15) is 0 Å². The Morgan fingerprint density at radius 2 is 1.50 bits per heavy atom. The Hall–Kier alpha value is -0.460. The van der Waals surface area contributed by atoms with Crippen LogP contribution in [0.3, 0.4) is 0 Å². The Bertz CT molecular complexity index is 46.3. The van der Waals surface area contributed by atoms with Crippen LogP contribution in [0.1, 0.15) is 20.8 Å². The van der Waals surface area contributed by atoms with Gasteiger partial charge in [0, 0.05) is 14.1 Å². The van der Waals surface area contributed by atoms with Gasteiger partial charge in [-0.3, -0.25) is 0 Å². The van der Waals surface area contributed by atoms with E-state index in [1.54, 1.807) is 0 Å². The minimum absolute atomic E-state index is 2.00. The molecule has 0 aromatic carbocycles. The first-order chi connectivity index (χ1) is 3.77. The molecule has 1 heteroatoms. The topological polar surface area (TPSA) is 3.24 Å². The van der Waals surface area contributed by atoms with E-state index in [0.717, 1.165) is 0 Å². The molecule has 8 heavy (non-hydrogen) atoms. The molecule has 0 rings (SSSR count). The lowest BCUT2D eigenvalue weighted by Crippen LogP contribution is -1.98. The van der Waals surface area contributed by atoms with Crippen molar-refractivity contribution in [2.24, 2.45) is 0 Å². The van der Waals surface area contributed by atoms with Crippen LogP contribution in [0.25, 0.3) is 0 Å². The van der Waals surface area contributed by atoms with Crippen molar-refractivity contribution in [2.45, 2.75) is 20.8 Å². The molecular formula is C7H17N. The zero-order chi connectivity index (χ0) is 6.99. The van der Waals surface area contributed by atoms with Crippen LogP contribution < -0.4 is 0 Å². The van der Waals surface area contributed by atoms with Gasteiger partial charge in [-0.25, -0.2) is 0 Å². The maximum atomic E-state index is 2.00. The van der Waals surface area contributed by atoms with Crippen molar-refractivity contribution < 1.29 is 0 Å². The highest BCUT2D eigenvalue weighted by Gasteiger charge is 1.65. The second-order valence-electron chi connectivity index (χ2n) is 1.45. The van der Waals surface area contributed by atoms with Crippen LogP contribution in [0.5, 0.6) is 0 Å². The van der Waals surface area contributed by atoms with Crippen LogP contribution in [0, 0.1) is 0 Å². The fourth-order valence-electron chi connectivity index (χ4n) is 0.298. The van der Waals surface area contributed by atoms with Crippen molar-refractivity contribution in [1.29, 1.82) is 0 Å². The highest BCUT2D eigenvalue weighted by molar-refractivity contribution is 4.72. The van der Waals surface area contributed by atoms with Crippen LogP contribution in [-0.4, -0.2) is 19.0 Å². The van der Waals surface area contributed by atoms with Gasteiger partial charge in [-0.1, -0.05) is 19.9 Å². The molecule has 0 saturated heterocycles. The molecule has 0 bridgehead atoms. The SMILES string of the molecule is C/C=C\N(C)C.CC. The van der Waals surface area contributed by atoms with E-state index in [-0.39, 0.29) is 0 Å². The minimum Gasteiger partial charge on any atom is -0.384 e. The lowest BCUT2D eigenvalue weighted by atomic mass is 10.7. The molecule has 50 valence electrons. The Kier molecular flexibility index (Phi) is 12.8.